The summed E-state index contributed by atoms with van der Waals surface area (Å²) in [7, 11) is 0. The van der Waals surface area contributed by atoms with E-state index in [9.17, 15) is 4.79 Å². The number of amides is 1. The molecule has 0 radical (unpaired) electrons. The van der Waals surface area contributed by atoms with Gasteiger partial charge in [0.1, 0.15) is 0 Å². The lowest BCUT2D eigenvalue weighted by atomic mass is 9.97. The number of aryl methyl sites for hydroxylation is 1. The van der Waals surface area contributed by atoms with Crippen molar-refractivity contribution in [3.05, 3.63) is 40.7 Å². The fourth-order valence-electron chi connectivity index (χ4n) is 2.28. The summed E-state index contributed by atoms with van der Waals surface area (Å²) in [5.74, 6) is -0.0703. The summed E-state index contributed by atoms with van der Waals surface area (Å²) in [6.07, 6.45) is 5.83. The van der Waals surface area contributed by atoms with Crippen LogP contribution in [-0.2, 0) is 12.8 Å². The molecule has 3 rings (SSSR count). The van der Waals surface area contributed by atoms with E-state index in [1.54, 1.807) is 24.5 Å². The van der Waals surface area contributed by atoms with Crippen LogP contribution in [0, 0.1) is 0 Å². The third kappa shape index (κ3) is 2.58. The highest BCUT2D eigenvalue weighted by Gasteiger charge is 2.23. The lowest BCUT2D eigenvalue weighted by Gasteiger charge is -2.22. The van der Waals surface area contributed by atoms with E-state index < -0.39 is 0 Å². The number of nitrogens with zero attached hydrogens (tertiary/aromatic N) is 2. The second-order valence-electron chi connectivity index (χ2n) is 4.58. The van der Waals surface area contributed by atoms with E-state index in [0.717, 1.165) is 25.0 Å². The molecule has 1 unspecified atom stereocenters. The van der Waals surface area contributed by atoms with Crippen molar-refractivity contribution >= 4 is 22.4 Å². The highest BCUT2D eigenvalue weighted by Crippen LogP contribution is 2.28. The molecule has 0 saturated carbocycles. The fourth-order valence-corrected chi connectivity index (χ4v) is 3.24. The minimum Gasteiger partial charge on any atom is -0.375 e. The molecule has 1 atom stereocenters. The maximum Gasteiger partial charge on any atom is 0.253 e. The monoisotopic (exact) mass is 274 g/mol. The fraction of sp³-hybridized carbons (Fsp3) is 0.308. The molecule has 0 aliphatic heterocycles. The van der Waals surface area contributed by atoms with Crippen molar-refractivity contribution in [3.8, 4) is 0 Å². The summed E-state index contributed by atoms with van der Waals surface area (Å²) in [4.78, 5) is 21.5. The van der Waals surface area contributed by atoms with Crippen molar-refractivity contribution < 1.29 is 4.79 Å². The number of anilines is 1. The molecule has 19 heavy (non-hydrogen) atoms. The molecule has 6 heteroatoms. The lowest BCUT2D eigenvalue weighted by Crippen LogP contribution is -2.38. The van der Waals surface area contributed by atoms with E-state index in [-0.39, 0.29) is 11.9 Å². The van der Waals surface area contributed by atoms with E-state index in [1.165, 1.54) is 16.2 Å². The molecule has 0 fully saturated rings. The number of nitrogens with one attached hydrogen (secondary N) is 1. The second-order valence-corrected chi connectivity index (χ2v) is 5.69. The number of fused-ring (bicyclic) bond motifs is 1. The number of rotatable bonds is 2. The molecule has 1 aliphatic carbocycles. The predicted molar refractivity (Wildman–Crippen MR) is 74.0 cm³/mol. The Morgan fingerprint density at radius 2 is 2.42 bits per heavy atom. The molecule has 1 aliphatic rings. The zero-order valence-electron chi connectivity index (χ0n) is 10.3. The van der Waals surface area contributed by atoms with E-state index in [0.29, 0.717) is 10.7 Å². The zero-order valence-corrected chi connectivity index (χ0v) is 11.1. The van der Waals surface area contributed by atoms with Gasteiger partial charge >= 0.3 is 0 Å². The van der Waals surface area contributed by atoms with Gasteiger partial charge < -0.3 is 11.1 Å². The first-order valence-electron chi connectivity index (χ1n) is 6.17. The first-order chi connectivity index (χ1) is 9.22. The molecule has 3 N–H and O–H groups in total. The van der Waals surface area contributed by atoms with E-state index >= 15 is 0 Å². The number of hydrogen-bond acceptors (Lipinski definition) is 5. The number of hydrogen-bond donors (Lipinski definition) is 2. The number of carbonyl (C=O) groups excluding carboxylic acids is 1. The molecule has 0 saturated heterocycles. The molecule has 0 spiro atoms. The van der Waals surface area contributed by atoms with Crippen molar-refractivity contribution in [2.45, 2.75) is 25.3 Å². The second kappa shape index (κ2) is 4.97. The number of aromatic nitrogens is 2. The van der Waals surface area contributed by atoms with Gasteiger partial charge in [-0.1, -0.05) is 0 Å². The Balaban J connectivity index is 1.68. The van der Waals surface area contributed by atoms with Crippen LogP contribution < -0.4 is 11.1 Å². The quantitative estimate of drug-likeness (QED) is 0.867. The molecular formula is C13H14N4OS. The molecule has 0 aromatic carbocycles. The minimum atomic E-state index is -0.0703. The van der Waals surface area contributed by atoms with Crippen molar-refractivity contribution in [1.29, 1.82) is 0 Å². The van der Waals surface area contributed by atoms with Gasteiger partial charge in [0, 0.05) is 29.7 Å². The molecule has 2 aromatic heterocycles. The molecule has 5 nitrogen and oxygen atoms in total. The first kappa shape index (κ1) is 12.1. The minimum absolute atomic E-state index is 0.0703. The van der Waals surface area contributed by atoms with Crippen LogP contribution in [-0.4, -0.2) is 21.9 Å². The summed E-state index contributed by atoms with van der Waals surface area (Å²) in [6.45, 7) is 0. The molecular weight excluding hydrogens is 260 g/mol. The van der Waals surface area contributed by atoms with Gasteiger partial charge in [-0.15, -0.1) is 11.3 Å². The normalized spacial score (nSPS) is 17.8. The summed E-state index contributed by atoms with van der Waals surface area (Å²) < 4.78 is 0. The highest BCUT2D eigenvalue weighted by molar-refractivity contribution is 7.15. The molecule has 98 valence electrons. The number of nitrogen functional groups attached to an aromatic ring is 1. The topological polar surface area (TPSA) is 80.9 Å². The molecule has 1 amide bonds. The largest absolute Gasteiger partial charge is 0.375 e. The SMILES string of the molecule is Nc1nc2c(s1)CC(NC(=O)c1cccnc1)CC2. The predicted octanol–water partition coefficient (Wildman–Crippen LogP) is 1.41. The highest BCUT2D eigenvalue weighted by atomic mass is 32.1. The Bertz CT molecular complexity index is 596. The Hall–Kier alpha value is -1.95. The first-order valence-corrected chi connectivity index (χ1v) is 6.99. The summed E-state index contributed by atoms with van der Waals surface area (Å²) in [5.41, 5.74) is 7.39. The lowest BCUT2D eigenvalue weighted by molar-refractivity contribution is 0.0933. The summed E-state index contributed by atoms with van der Waals surface area (Å²) in [6, 6.07) is 3.68. The maximum absolute atomic E-state index is 12.0. The van der Waals surface area contributed by atoms with Crippen molar-refractivity contribution in [3.63, 3.8) is 0 Å². The summed E-state index contributed by atoms with van der Waals surface area (Å²) in [5, 5.41) is 3.66. The number of nitrogens with two attached hydrogens (primary N) is 1. The number of carbonyl (C=O) groups is 1. The van der Waals surface area contributed by atoms with Crippen LogP contribution in [0.3, 0.4) is 0 Å². The van der Waals surface area contributed by atoms with Gasteiger partial charge in [0.05, 0.1) is 11.3 Å². The standard InChI is InChI=1S/C13H14N4OS/c14-13-17-10-4-3-9(6-11(10)19-13)16-12(18)8-2-1-5-15-7-8/h1-2,5,7,9H,3-4,6H2,(H2,14,17)(H,16,18). The van der Waals surface area contributed by atoms with Crippen molar-refractivity contribution in [1.82, 2.24) is 15.3 Å². The van der Waals surface area contributed by atoms with Gasteiger partial charge in [0.15, 0.2) is 5.13 Å². The van der Waals surface area contributed by atoms with Crippen LogP contribution >= 0.6 is 11.3 Å². The van der Waals surface area contributed by atoms with Crippen LogP contribution in [0.5, 0.6) is 0 Å². The number of thiazole rings is 1. The van der Waals surface area contributed by atoms with Gasteiger partial charge in [0.2, 0.25) is 0 Å². The van der Waals surface area contributed by atoms with Crippen LogP contribution in [0.4, 0.5) is 5.13 Å². The smallest absolute Gasteiger partial charge is 0.253 e. The van der Waals surface area contributed by atoms with Crippen LogP contribution in [0.15, 0.2) is 24.5 Å². The third-order valence-corrected chi connectivity index (χ3v) is 4.16. The van der Waals surface area contributed by atoms with Crippen LogP contribution in [0.2, 0.25) is 0 Å². The molecule has 2 aromatic rings. The van der Waals surface area contributed by atoms with Gasteiger partial charge in [0.25, 0.3) is 5.91 Å². The Morgan fingerprint density at radius 3 is 3.21 bits per heavy atom. The third-order valence-electron chi connectivity index (χ3n) is 3.22. The number of pyridine rings is 1. The Labute approximate surface area is 114 Å². The van der Waals surface area contributed by atoms with Gasteiger partial charge in [-0.25, -0.2) is 4.98 Å². The van der Waals surface area contributed by atoms with Crippen molar-refractivity contribution in [2.24, 2.45) is 0 Å². The average molecular weight is 274 g/mol. The van der Waals surface area contributed by atoms with Crippen LogP contribution in [0.1, 0.15) is 27.3 Å². The summed E-state index contributed by atoms with van der Waals surface area (Å²) >= 11 is 1.52. The van der Waals surface area contributed by atoms with E-state index in [2.05, 4.69) is 15.3 Å². The average Bonchev–Trinajstić information content (AvgIpc) is 2.79. The molecule has 0 bridgehead atoms. The van der Waals surface area contributed by atoms with Crippen LogP contribution in [0.25, 0.3) is 0 Å². The zero-order chi connectivity index (χ0) is 13.2. The van der Waals surface area contributed by atoms with Gasteiger partial charge in [-0.2, -0.15) is 0 Å². The van der Waals surface area contributed by atoms with E-state index in [4.69, 9.17) is 5.73 Å². The van der Waals surface area contributed by atoms with Gasteiger partial charge in [-0.3, -0.25) is 9.78 Å². The van der Waals surface area contributed by atoms with Crippen molar-refractivity contribution in [2.75, 3.05) is 5.73 Å². The van der Waals surface area contributed by atoms with E-state index in [1.807, 2.05) is 0 Å². The van der Waals surface area contributed by atoms with Gasteiger partial charge in [-0.05, 0) is 25.0 Å². The Morgan fingerprint density at radius 1 is 1.53 bits per heavy atom. The Kier molecular flexibility index (Phi) is 3.16. The molecule has 2 heterocycles. The maximum atomic E-state index is 12.0.